The Morgan fingerprint density at radius 1 is 0.919 bits per heavy atom. The molecule has 2 aromatic carbocycles. The van der Waals surface area contributed by atoms with Crippen LogP contribution >= 0.6 is 11.3 Å². The Morgan fingerprint density at radius 3 is 2.59 bits per heavy atom. The van der Waals surface area contributed by atoms with E-state index in [1.54, 1.807) is 18.5 Å². The van der Waals surface area contributed by atoms with Crippen molar-refractivity contribution in [1.29, 1.82) is 5.26 Å². The molecule has 5 aromatic rings. The number of aromatic nitrogens is 4. The van der Waals surface area contributed by atoms with Crippen molar-refractivity contribution >= 4 is 21.7 Å². The normalized spacial score (nSPS) is 14.1. The quantitative estimate of drug-likeness (QED) is 0.298. The topological polar surface area (TPSA) is 87.8 Å². The molecule has 0 amide bonds. The van der Waals surface area contributed by atoms with Gasteiger partial charge in [0.2, 0.25) is 0 Å². The zero-order valence-corrected chi connectivity index (χ0v) is 20.9. The third kappa shape index (κ3) is 5.19. The molecule has 182 valence electrons. The Hall–Kier alpha value is -4.19. The van der Waals surface area contributed by atoms with Crippen LogP contribution in [0.1, 0.15) is 38.9 Å². The molecule has 8 heteroatoms. The summed E-state index contributed by atoms with van der Waals surface area (Å²) >= 11 is 1.40. The van der Waals surface area contributed by atoms with Crippen molar-refractivity contribution in [3.05, 3.63) is 112 Å². The summed E-state index contributed by atoms with van der Waals surface area (Å²) in [4.78, 5) is 20.9. The van der Waals surface area contributed by atoms with Crippen molar-refractivity contribution in [1.82, 2.24) is 24.8 Å². The first-order chi connectivity index (χ1) is 18.2. The first kappa shape index (κ1) is 23.2. The number of pyridine rings is 1. The highest BCUT2D eigenvalue weighted by atomic mass is 32.1. The Morgan fingerprint density at radius 2 is 1.76 bits per heavy atom. The average Bonchev–Trinajstić information content (AvgIpc) is 3.37. The van der Waals surface area contributed by atoms with Gasteiger partial charge in [0.05, 0.1) is 11.8 Å². The minimum atomic E-state index is -0.606. The van der Waals surface area contributed by atoms with E-state index in [4.69, 9.17) is 4.74 Å². The zero-order valence-electron chi connectivity index (χ0n) is 20.1. The molecule has 0 spiro atoms. The first-order valence-electron chi connectivity index (χ1n) is 12.2. The van der Waals surface area contributed by atoms with E-state index in [9.17, 15) is 5.26 Å². The lowest BCUT2D eigenvalue weighted by molar-refractivity contribution is 0.245. The predicted octanol–water partition coefficient (Wildman–Crippen LogP) is 5.27. The van der Waals surface area contributed by atoms with Gasteiger partial charge in [-0.15, -0.1) is 0 Å². The average molecular weight is 505 g/mol. The molecule has 0 bridgehead atoms. The largest absolute Gasteiger partial charge is 0.459 e. The SMILES string of the molecule is N#CC(c1ccnc(OCc2ccc(CN3CCc4ccccc4C3)cc2)n1)c1nc2cccnc2s1. The van der Waals surface area contributed by atoms with E-state index >= 15 is 0 Å². The lowest BCUT2D eigenvalue weighted by Gasteiger charge is -2.28. The van der Waals surface area contributed by atoms with Crippen LogP contribution in [-0.4, -0.2) is 31.4 Å². The second kappa shape index (κ2) is 10.4. The maximum Gasteiger partial charge on any atom is 0.316 e. The van der Waals surface area contributed by atoms with Crippen molar-refractivity contribution in [3.63, 3.8) is 0 Å². The van der Waals surface area contributed by atoms with E-state index in [1.807, 2.05) is 12.1 Å². The van der Waals surface area contributed by atoms with Crippen molar-refractivity contribution in [2.45, 2.75) is 32.0 Å². The second-order valence-corrected chi connectivity index (χ2v) is 10.0. The fraction of sp³-hybridized carbons (Fsp3) is 0.207. The van der Waals surface area contributed by atoms with Crippen LogP contribution in [0.5, 0.6) is 6.01 Å². The van der Waals surface area contributed by atoms with Gasteiger partial charge in [-0.05, 0) is 46.9 Å². The molecule has 6 rings (SSSR count). The van der Waals surface area contributed by atoms with Crippen molar-refractivity contribution < 1.29 is 4.74 Å². The molecule has 3 aromatic heterocycles. The second-order valence-electron chi connectivity index (χ2n) is 9.04. The summed E-state index contributed by atoms with van der Waals surface area (Å²) in [6, 6.07) is 25.2. The molecular formula is C29H24N6OS. The van der Waals surface area contributed by atoms with E-state index in [0.29, 0.717) is 17.3 Å². The molecule has 37 heavy (non-hydrogen) atoms. The van der Waals surface area contributed by atoms with Crippen LogP contribution in [0.25, 0.3) is 10.3 Å². The van der Waals surface area contributed by atoms with Gasteiger partial charge in [0.25, 0.3) is 0 Å². The fourth-order valence-electron chi connectivity index (χ4n) is 4.58. The smallest absolute Gasteiger partial charge is 0.316 e. The van der Waals surface area contributed by atoms with Crippen LogP contribution in [-0.2, 0) is 26.1 Å². The highest BCUT2D eigenvalue weighted by Crippen LogP contribution is 2.30. The summed E-state index contributed by atoms with van der Waals surface area (Å²) in [7, 11) is 0. The summed E-state index contributed by atoms with van der Waals surface area (Å²) < 4.78 is 5.88. The molecule has 0 fully saturated rings. The zero-order chi connectivity index (χ0) is 25.0. The number of thiazole rings is 1. The van der Waals surface area contributed by atoms with Gasteiger partial charge in [-0.2, -0.15) is 10.2 Å². The molecule has 0 saturated heterocycles. The Kier molecular flexibility index (Phi) is 6.55. The standard InChI is InChI=1S/C29H24N6OS/c30-16-24(27-33-26-6-3-13-31-28(26)37-27)25-11-14-32-29(34-25)36-19-21-9-7-20(8-10-21)17-35-15-12-22-4-1-2-5-23(22)18-35/h1-11,13-14,24H,12,15,17-19H2. The number of nitriles is 1. The van der Waals surface area contributed by atoms with Crippen LogP contribution in [0.2, 0.25) is 0 Å². The maximum atomic E-state index is 9.84. The van der Waals surface area contributed by atoms with Gasteiger partial charge in [-0.25, -0.2) is 15.0 Å². The van der Waals surface area contributed by atoms with Crippen LogP contribution < -0.4 is 4.74 Å². The van der Waals surface area contributed by atoms with E-state index in [2.05, 4.69) is 79.4 Å². The van der Waals surface area contributed by atoms with Gasteiger partial charge in [0.1, 0.15) is 27.9 Å². The van der Waals surface area contributed by atoms with Gasteiger partial charge in [0.15, 0.2) is 0 Å². The minimum Gasteiger partial charge on any atom is -0.459 e. The fourth-order valence-corrected chi connectivity index (χ4v) is 5.54. The van der Waals surface area contributed by atoms with Gasteiger partial charge in [-0.1, -0.05) is 59.9 Å². The molecule has 7 nitrogen and oxygen atoms in total. The molecular weight excluding hydrogens is 480 g/mol. The summed E-state index contributed by atoms with van der Waals surface area (Å²) in [6.45, 7) is 3.35. The van der Waals surface area contributed by atoms with E-state index < -0.39 is 5.92 Å². The van der Waals surface area contributed by atoms with Crippen LogP contribution in [0.3, 0.4) is 0 Å². The lowest BCUT2D eigenvalue weighted by atomic mass is 9.99. The number of benzene rings is 2. The predicted molar refractivity (Wildman–Crippen MR) is 142 cm³/mol. The summed E-state index contributed by atoms with van der Waals surface area (Å²) in [6.07, 6.45) is 4.44. The molecule has 4 heterocycles. The molecule has 1 aliphatic rings. The third-order valence-electron chi connectivity index (χ3n) is 6.52. The highest BCUT2D eigenvalue weighted by Gasteiger charge is 2.21. The van der Waals surface area contributed by atoms with Crippen molar-refractivity contribution in [2.24, 2.45) is 0 Å². The number of hydrogen-bond acceptors (Lipinski definition) is 8. The third-order valence-corrected chi connectivity index (χ3v) is 7.56. The summed E-state index contributed by atoms with van der Waals surface area (Å²) in [5, 5.41) is 10.5. The molecule has 0 N–H and O–H groups in total. The number of nitrogens with zero attached hydrogens (tertiary/aromatic N) is 6. The molecule has 1 aliphatic heterocycles. The van der Waals surface area contributed by atoms with E-state index in [0.717, 1.165) is 42.0 Å². The number of ether oxygens (including phenoxy) is 1. The highest BCUT2D eigenvalue weighted by molar-refractivity contribution is 7.18. The van der Waals surface area contributed by atoms with Gasteiger partial charge < -0.3 is 4.74 Å². The Balaban J connectivity index is 1.09. The summed E-state index contributed by atoms with van der Waals surface area (Å²) in [5.74, 6) is -0.606. The maximum absolute atomic E-state index is 9.84. The van der Waals surface area contributed by atoms with E-state index in [-0.39, 0.29) is 6.01 Å². The van der Waals surface area contributed by atoms with Gasteiger partial charge in [-0.3, -0.25) is 4.90 Å². The number of rotatable bonds is 7. The Labute approximate surface area is 219 Å². The monoisotopic (exact) mass is 504 g/mol. The molecule has 0 saturated carbocycles. The minimum absolute atomic E-state index is 0.244. The van der Waals surface area contributed by atoms with Crippen LogP contribution in [0.15, 0.2) is 79.1 Å². The lowest BCUT2D eigenvalue weighted by Crippen LogP contribution is -2.29. The van der Waals surface area contributed by atoms with Crippen molar-refractivity contribution in [2.75, 3.05) is 6.54 Å². The van der Waals surface area contributed by atoms with Crippen molar-refractivity contribution in [3.8, 4) is 12.1 Å². The van der Waals surface area contributed by atoms with Crippen LogP contribution in [0.4, 0.5) is 0 Å². The van der Waals surface area contributed by atoms with Crippen LogP contribution in [0, 0.1) is 11.3 Å². The van der Waals surface area contributed by atoms with Gasteiger partial charge in [0, 0.05) is 32.0 Å². The van der Waals surface area contributed by atoms with E-state index in [1.165, 1.54) is 28.0 Å². The molecule has 1 atom stereocenters. The first-order valence-corrected chi connectivity index (χ1v) is 13.0. The Bertz CT molecular complexity index is 1540. The van der Waals surface area contributed by atoms with Gasteiger partial charge >= 0.3 is 6.01 Å². The molecule has 1 unspecified atom stereocenters. The number of fused-ring (bicyclic) bond motifs is 2. The number of hydrogen-bond donors (Lipinski definition) is 0. The molecule has 0 radical (unpaired) electrons. The summed E-state index contributed by atoms with van der Waals surface area (Å²) in [5.41, 5.74) is 6.56. The molecule has 0 aliphatic carbocycles.